The van der Waals surface area contributed by atoms with Crippen molar-refractivity contribution in [3.8, 4) is 0 Å². The van der Waals surface area contributed by atoms with E-state index in [1.165, 1.54) is 13.8 Å². The molecule has 0 bridgehead atoms. The summed E-state index contributed by atoms with van der Waals surface area (Å²) in [7, 11) is 0. The molecule has 0 aromatic carbocycles. The van der Waals surface area contributed by atoms with Crippen LogP contribution in [0.2, 0.25) is 0 Å². The molecule has 4 atom stereocenters. The monoisotopic (exact) mass is 373 g/mol. The molecule has 0 fully saturated rings. The topological polar surface area (TPSA) is 194 Å². The molecule has 11 heteroatoms. The van der Waals surface area contributed by atoms with Crippen LogP contribution in [0, 0.1) is 5.92 Å². The average molecular weight is 373 g/mol. The lowest BCUT2D eigenvalue weighted by molar-refractivity contribution is -0.142. The molecule has 0 aliphatic carbocycles. The summed E-state index contributed by atoms with van der Waals surface area (Å²) in [5, 5.41) is 15.9. The first-order chi connectivity index (χ1) is 11.9. The number of nitrogens with one attached hydrogen (secondary N) is 3. The molecular formula is C15H27N5O6. The van der Waals surface area contributed by atoms with Crippen LogP contribution in [0.25, 0.3) is 0 Å². The second kappa shape index (κ2) is 10.3. The zero-order valence-corrected chi connectivity index (χ0v) is 15.2. The average Bonchev–Trinajstić information content (AvgIpc) is 2.50. The molecule has 11 nitrogen and oxygen atoms in total. The Morgan fingerprint density at radius 2 is 1.35 bits per heavy atom. The van der Waals surface area contributed by atoms with Gasteiger partial charge in [-0.25, -0.2) is 0 Å². The van der Waals surface area contributed by atoms with Crippen molar-refractivity contribution >= 4 is 29.6 Å². The predicted octanol–water partition coefficient (Wildman–Crippen LogP) is -2.58. The number of carbonyl (C=O) groups is 5. The van der Waals surface area contributed by atoms with Gasteiger partial charge in [0.15, 0.2) is 0 Å². The molecule has 0 aliphatic rings. The Labute approximate surface area is 151 Å². The number of nitrogens with two attached hydrogens (primary N) is 2. The van der Waals surface area contributed by atoms with E-state index >= 15 is 0 Å². The molecule has 0 aliphatic heterocycles. The Morgan fingerprint density at radius 1 is 0.846 bits per heavy atom. The SMILES string of the molecule is CC(C)[C@H](NC(=O)[C@H](C)NC(=O)[C@@H](N)CC(N)=O)C(=O)N[C@@H](C)C(=O)O. The van der Waals surface area contributed by atoms with E-state index in [2.05, 4.69) is 16.0 Å². The Kier molecular flexibility index (Phi) is 9.27. The summed E-state index contributed by atoms with van der Waals surface area (Å²) in [5.41, 5.74) is 10.4. The summed E-state index contributed by atoms with van der Waals surface area (Å²) in [4.78, 5) is 57.8. The van der Waals surface area contributed by atoms with Crippen molar-refractivity contribution in [3.05, 3.63) is 0 Å². The highest BCUT2D eigenvalue weighted by molar-refractivity contribution is 5.94. The fourth-order valence-electron chi connectivity index (χ4n) is 1.87. The molecule has 0 radical (unpaired) electrons. The molecule has 26 heavy (non-hydrogen) atoms. The quantitative estimate of drug-likeness (QED) is 0.242. The Morgan fingerprint density at radius 3 is 1.77 bits per heavy atom. The molecule has 0 saturated heterocycles. The highest BCUT2D eigenvalue weighted by atomic mass is 16.4. The van der Waals surface area contributed by atoms with Crippen LogP contribution in [0.5, 0.6) is 0 Å². The number of carboxylic acid groups (broad SMARTS) is 1. The van der Waals surface area contributed by atoms with E-state index in [9.17, 15) is 24.0 Å². The van der Waals surface area contributed by atoms with Gasteiger partial charge in [0.25, 0.3) is 0 Å². The van der Waals surface area contributed by atoms with Crippen LogP contribution in [0.4, 0.5) is 0 Å². The van der Waals surface area contributed by atoms with Crippen molar-refractivity contribution < 1.29 is 29.1 Å². The second-order valence-electron chi connectivity index (χ2n) is 6.31. The fraction of sp³-hybridized carbons (Fsp3) is 0.667. The number of hydrogen-bond donors (Lipinski definition) is 6. The fourth-order valence-corrected chi connectivity index (χ4v) is 1.87. The summed E-state index contributed by atoms with van der Waals surface area (Å²) < 4.78 is 0. The van der Waals surface area contributed by atoms with Gasteiger partial charge in [-0.2, -0.15) is 0 Å². The van der Waals surface area contributed by atoms with Crippen molar-refractivity contribution in [2.45, 2.75) is 58.3 Å². The summed E-state index contributed by atoms with van der Waals surface area (Å²) in [6.07, 6.45) is -0.371. The first-order valence-electron chi connectivity index (χ1n) is 8.04. The Hall–Kier alpha value is -2.69. The number of aliphatic carboxylic acids is 1. The van der Waals surface area contributed by atoms with Crippen molar-refractivity contribution in [1.82, 2.24) is 16.0 Å². The minimum atomic E-state index is -1.21. The van der Waals surface area contributed by atoms with E-state index in [1.54, 1.807) is 13.8 Å². The number of primary amides is 1. The van der Waals surface area contributed by atoms with Gasteiger partial charge in [-0.3, -0.25) is 24.0 Å². The zero-order valence-electron chi connectivity index (χ0n) is 15.2. The van der Waals surface area contributed by atoms with Crippen LogP contribution in [-0.4, -0.2) is 58.9 Å². The van der Waals surface area contributed by atoms with Crippen molar-refractivity contribution in [2.75, 3.05) is 0 Å². The van der Waals surface area contributed by atoms with Crippen LogP contribution in [0.3, 0.4) is 0 Å². The molecule has 0 heterocycles. The van der Waals surface area contributed by atoms with Crippen molar-refractivity contribution in [1.29, 1.82) is 0 Å². The number of rotatable bonds is 10. The van der Waals surface area contributed by atoms with Gasteiger partial charge in [0.2, 0.25) is 23.6 Å². The molecule has 0 unspecified atom stereocenters. The van der Waals surface area contributed by atoms with Gasteiger partial charge in [-0.15, -0.1) is 0 Å². The third kappa shape index (κ3) is 7.92. The molecule has 0 rings (SSSR count). The van der Waals surface area contributed by atoms with Gasteiger partial charge in [0, 0.05) is 0 Å². The lowest BCUT2D eigenvalue weighted by atomic mass is 10.0. The predicted molar refractivity (Wildman–Crippen MR) is 91.4 cm³/mol. The van der Waals surface area contributed by atoms with Gasteiger partial charge >= 0.3 is 5.97 Å². The number of carbonyl (C=O) groups excluding carboxylic acids is 4. The van der Waals surface area contributed by atoms with E-state index in [0.29, 0.717) is 0 Å². The Bertz CT molecular complexity index is 565. The highest BCUT2D eigenvalue weighted by Gasteiger charge is 2.29. The number of carboxylic acids is 1. The molecule has 8 N–H and O–H groups in total. The van der Waals surface area contributed by atoms with Crippen LogP contribution in [-0.2, 0) is 24.0 Å². The molecule has 4 amide bonds. The molecular weight excluding hydrogens is 346 g/mol. The minimum Gasteiger partial charge on any atom is -0.480 e. The third-order valence-corrected chi connectivity index (χ3v) is 3.49. The number of amides is 4. The standard InChI is InChI=1S/C15H27N5O6/c1-6(2)11(14(24)19-8(4)15(25)26)20-12(22)7(3)18-13(23)9(16)5-10(17)21/h6-9,11H,5,16H2,1-4H3,(H2,17,21)(H,18,23)(H,19,24)(H,20,22)(H,25,26)/t7-,8-,9-,11-/m0/s1. The van der Waals surface area contributed by atoms with Gasteiger partial charge in [0.1, 0.15) is 18.1 Å². The van der Waals surface area contributed by atoms with Crippen LogP contribution < -0.4 is 27.4 Å². The van der Waals surface area contributed by atoms with Gasteiger partial charge in [-0.1, -0.05) is 13.8 Å². The first kappa shape index (κ1) is 23.3. The Balaban J connectivity index is 4.84. The van der Waals surface area contributed by atoms with E-state index in [0.717, 1.165) is 0 Å². The van der Waals surface area contributed by atoms with Crippen molar-refractivity contribution in [2.24, 2.45) is 17.4 Å². The summed E-state index contributed by atoms with van der Waals surface area (Å²) in [5.74, 6) is -4.37. The molecule has 0 aromatic heterocycles. The van der Waals surface area contributed by atoms with E-state index < -0.39 is 53.8 Å². The molecule has 148 valence electrons. The van der Waals surface area contributed by atoms with Gasteiger partial charge in [0.05, 0.1) is 12.5 Å². The largest absolute Gasteiger partial charge is 0.480 e. The molecule has 0 spiro atoms. The maximum absolute atomic E-state index is 12.2. The molecule has 0 saturated carbocycles. The highest BCUT2D eigenvalue weighted by Crippen LogP contribution is 2.03. The normalized spacial score (nSPS) is 15.3. The maximum Gasteiger partial charge on any atom is 0.325 e. The molecule has 0 aromatic rings. The van der Waals surface area contributed by atoms with Crippen LogP contribution in [0.1, 0.15) is 34.1 Å². The van der Waals surface area contributed by atoms with Gasteiger partial charge in [-0.05, 0) is 19.8 Å². The lowest BCUT2D eigenvalue weighted by Gasteiger charge is -2.25. The van der Waals surface area contributed by atoms with Gasteiger partial charge < -0.3 is 32.5 Å². The van der Waals surface area contributed by atoms with E-state index in [1.807, 2.05) is 0 Å². The number of hydrogen-bond acceptors (Lipinski definition) is 6. The summed E-state index contributed by atoms with van der Waals surface area (Å²) in [6.45, 7) is 6.01. The third-order valence-electron chi connectivity index (χ3n) is 3.49. The van der Waals surface area contributed by atoms with E-state index in [4.69, 9.17) is 16.6 Å². The van der Waals surface area contributed by atoms with Crippen LogP contribution >= 0.6 is 0 Å². The summed E-state index contributed by atoms with van der Waals surface area (Å²) in [6, 6.07) is -4.34. The maximum atomic E-state index is 12.2. The van der Waals surface area contributed by atoms with Crippen LogP contribution in [0.15, 0.2) is 0 Å². The minimum absolute atomic E-state index is 0.333. The first-order valence-corrected chi connectivity index (χ1v) is 8.04. The second-order valence-corrected chi connectivity index (χ2v) is 6.31. The van der Waals surface area contributed by atoms with Crippen molar-refractivity contribution in [3.63, 3.8) is 0 Å². The van der Waals surface area contributed by atoms with E-state index in [-0.39, 0.29) is 12.3 Å². The zero-order chi connectivity index (χ0) is 20.6. The smallest absolute Gasteiger partial charge is 0.325 e. The lowest BCUT2D eigenvalue weighted by Crippen LogP contribution is -2.57. The summed E-state index contributed by atoms with van der Waals surface area (Å²) >= 11 is 0.